The molecule has 17 heavy (non-hydrogen) atoms. The van der Waals surface area contributed by atoms with Gasteiger partial charge in [0.05, 0.1) is 0 Å². The number of nitrogens with zero attached hydrogens (tertiary/aromatic N) is 1. The molecule has 0 atom stereocenters. The maximum absolute atomic E-state index is 13.7. The van der Waals surface area contributed by atoms with Gasteiger partial charge in [-0.15, -0.1) is 0 Å². The Hall–Kier alpha value is -1.74. The standard InChI is InChI=1S/C12H11F2NO2/c13-9-6-11(17)10(14)5-8(9)12(15-7-16)3-1-2-4-12/h5-6,17H,1-4H2. The van der Waals surface area contributed by atoms with E-state index in [1.807, 2.05) is 0 Å². The zero-order chi connectivity index (χ0) is 12.5. The molecule has 90 valence electrons. The fourth-order valence-corrected chi connectivity index (χ4v) is 2.38. The van der Waals surface area contributed by atoms with Crippen LogP contribution in [0.2, 0.25) is 0 Å². The van der Waals surface area contributed by atoms with Gasteiger partial charge in [0.1, 0.15) is 11.4 Å². The predicted molar refractivity (Wildman–Crippen MR) is 56.3 cm³/mol. The second-order valence-electron chi connectivity index (χ2n) is 4.23. The normalized spacial score (nSPS) is 17.8. The number of aliphatic imine (C=N–C) groups is 1. The van der Waals surface area contributed by atoms with Crippen molar-refractivity contribution in [2.45, 2.75) is 31.2 Å². The molecule has 0 aliphatic heterocycles. The van der Waals surface area contributed by atoms with Crippen LogP contribution >= 0.6 is 0 Å². The van der Waals surface area contributed by atoms with Crippen LogP contribution in [0.1, 0.15) is 31.2 Å². The molecular formula is C12H11F2NO2. The van der Waals surface area contributed by atoms with Gasteiger partial charge in [-0.25, -0.2) is 13.6 Å². The van der Waals surface area contributed by atoms with Crippen LogP contribution in [0.5, 0.6) is 5.75 Å². The summed E-state index contributed by atoms with van der Waals surface area (Å²) in [6.45, 7) is 0. The van der Waals surface area contributed by atoms with E-state index >= 15 is 0 Å². The summed E-state index contributed by atoms with van der Waals surface area (Å²) in [6.07, 6.45) is 4.01. The molecule has 2 rings (SSSR count). The zero-order valence-electron chi connectivity index (χ0n) is 9.04. The van der Waals surface area contributed by atoms with Crippen molar-refractivity contribution in [2.75, 3.05) is 0 Å². The number of benzene rings is 1. The molecule has 1 aromatic carbocycles. The third-order valence-corrected chi connectivity index (χ3v) is 3.23. The minimum absolute atomic E-state index is 0.0219. The number of carbonyl (C=O) groups excluding carboxylic acids is 1. The van der Waals surface area contributed by atoms with E-state index in [1.165, 1.54) is 6.08 Å². The average Bonchev–Trinajstić information content (AvgIpc) is 2.73. The summed E-state index contributed by atoms with van der Waals surface area (Å²) in [5.74, 6) is -2.40. The lowest BCUT2D eigenvalue weighted by molar-refractivity contribution is 0.402. The number of phenols is 1. The van der Waals surface area contributed by atoms with Crippen LogP contribution in [0.3, 0.4) is 0 Å². The molecule has 1 aliphatic rings. The van der Waals surface area contributed by atoms with Gasteiger partial charge in [0.2, 0.25) is 6.08 Å². The van der Waals surface area contributed by atoms with Crippen molar-refractivity contribution in [3.05, 3.63) is 29.3 Å². The van der Waals surface area contributed by atoms with Crippen LogP contribution in [0.15, 0.2) is 17.1 Å². The van der Waals surface area contributed by atoms with Crippen LogP contribution in [-0.2, 0) is 10.3 Å². The van der Waals surface area contributed by atoms with Crippen LogP contribution in [-0.4, -0.2) is 11.2 Å². The molecule has 1 saturated carbocycles. The minimum atomic E-state index is -1.01. The summed E-state index contributed by atoms with van der Waals surface area (Å²) >= 11 is 0. The molecule has 1 N–H and O–H groups in total. The van der Waals surface area contributed by atoms with E-state index in [9.17, 15) is 13.6 Å². The molecule has 1 fully saturated rings. The van der Waals surface area contributed by atoms with Gasteiger partial charge >= 0.3 is 0 Å². The maximum atomic E-state index is 13.7. The first-order valence-electron chi connectivity index (χ1n) is 5.36. The van der Waals surface area contributed by atoms with Crippen LogP contribution in [0.4, 0.5) is 8.78 Å². The minimum Gasteiger partial charge on any atom is -0.505 e. The Balaban J connectivity index is 2.57. The van der Waals surface area contributed by atoms with Gasteiger partial charge in [0, 0.05) is 11.6 Å². The number of rotatable bonds is 2. The van der Waals surface area contributed by atoms with Crippen LogP contribution < -0.4 is 0 Å². The SMILES string of the molecule is O=C=NC1(c2cc(F)c(O)cc2F)CCCC1. The summed E-state index contributed by atoms with van der Waals surface area (Å²) in [5.41, 5.74) is -0.992. The van der Waals surface area contributed by atoms with E-state index < -0.39 is 22.9 Å². The Bertz CT molecular complexity index is 490. The molecular weight excluding hydrogens is 228 g/mol. The quantitative estimate of drug-likeness (QED) is 0.637. The second kappa shape index (κ2) is 4.26. The number of aromatic hydroxyl groups is 1. The molecule has 0 heterocycles. The van der Waals surface area contributed by atoms with Gasteiger partial charge in [0.25, 0.3) is 0 Å². The lowest BCUT2D eigenvalue weighted by Gasteiger charge is -2.23. The molecule has 0 amide bonds. The first-order valence-corrected chi connectivity index (χ1v) is 5.36. The third kappa shape index (κ3) is 1.94. The van der Waals surface area contributed by atoms with Gasteiger partial charge in [0.15, 0.2) is 11.6 Å². The summed E-state index contributed by atoms with van der Waals surface area (Å²) in [6, 6.07) is 1.63. The number of hydrogen-bond donors (Lipinski definition) is 1. The Labute approximate surface area is 96.8 Å². The highest BCUT2D eigenvalue weighted by atomic mass is 19.1. The number of isocyanates is 1. The van der Waals surface area contributed by atoms with Crippen molar-refractivity contribution in [1.82, 2.24) is 0 Å². The molecule has 0 unspecified atom stereocenters. The van der Waals surface area contributed by atoms with Crippen LogP contribution in [0.25, 0.3) is 0 Å². The van der Waals surface area contributed by atoms with Crippen molar-refractivity contribution in [1.29, 1.82) is 0 Å². The molecule has 1 aromatic rings. The van der Waals surface area contributed by atoms with Crippen molar-refractivity contribution in [3.8, 4) is 5.75 Å². The van der Waals surface area contributed by atoms with Crippen LogP contribution in [0, 0.1) is 11.6 Å². The Morgan fingerprint density at radius 2 is 1.88 bits per heavy atom. The summed E-state index contributed by atoms with van der Waals surface area (Å²) in [4.78, 5) is 14.1. The van der Waals surface area contributed by atoms with Gasteiger partial charge in [-0.05, 0) is 18.9 Å². The van der Waals surface area contributed by atoms with E-state index in [0.717, 1.165) is 18.9 Å². The van der Waals surface area contributed by atoms with E-state index in [4.69, 9.17) is 5.11 Å². The first-order chi connectivity index (χ1) is 8.09. The fraction of sp³-hybridized carbons (Fsp3) is 0.417. The van der Waals surface area contributed by atoms with Crippen molar-refractivity contribution in [3.63, 3.8) is 0 Å². The molecule has 1 aliphatic carbocycles. The fourth-order valence-electron chi connectivity index (χ4n) is 2.38. The summed E-state index contributed by atoms with van der Waals surface area (Å²) < 4.78 is 27.0. The zero-order valence-corrected chi connectivity index (χ0v) is 9.04. The Morgan fingerprint density at radius 3 is 2.47 bits per heavy atom. The molecule has 0 spiro atoms. The Morgan fingerprint density at radius 1 is 1.24 bits per heavy atom. The van der Waals surface area contributed by atoms with Gasteiger partial charge in [-0.2, -0.15) is 4.99 Å². The van der Waals surface area contributed by atoms with E-state index in [0.29, 0.717) is 18.9 Å². The van der Waals surface area contributed by atoms with E-state index in [2.05, 4.69) is 4.99 Å². The smallest absolute Gasteiger partial charge is 0.235 e. The third-order valence-electron chi connectivity index (χ3n) is 3.23. The first kappa shape index (κ1) is 11.7. The molecule has 0 radical (unpaired) electrons. The highest BCUT2D eigenvalue weighted by Gasteiger charge is 2.38. The largest absolute Gasteiger partial charge is 0.505 e. The molecule has 3 nitrogen and oxygen atoms in total. The highest BCUT2D eigenvalue weighted by Crippen LogP contribution is 2.44. The van der Waals surface area contributed by atoms with Crippen molar-refractivity contribution in [2.24, 2.45) is 4.99 Å². The van der Waals surface area contributed by atoms with Crippen molar-refractivity contribution < 1.29 is 18.7 Å². The molecule has 5 heteroatoms. The molecule has 0 bridgehead atoms. The summed E-state index contributed by atoms with van der Waals surface area (Å²) in [5, 5.41) is 9.06. The van der Waals surface area contributed by atoms with Crippen molar-refractivity contribution >= 4 is 6.08 Å². The Kier molecular flexibility index (Phi) is 2.94. The van der Waals surface area contributed by atoms with Gasteiger partial charge in [-0.3, -0.25) is 0 Å². The number of halogens is 2. The van der Waals surface area contributed by atoms with Gasteiger partial charge in [-0.1, -0.05) is 12.8 Å². The highest BCUT2D eigenvalue weighted by molar-refractivity contribution is 5.41. The van der Waals surface area contributed by atoms with E-state index in [-0.39, 0.29) is 5.56 Å². The second-order valence-corrected chi connectivity index (χ2v) is 4.23. The predicted octanol–water partition coefficient (Wildman–Crippen LogP) is 2.78. The molecule has 0 aromatic heterocycles. The van der Waals surface area contributed by atoms with E-state index in [1.54, 1.807) is 0 Å². The lowest BCUT2D eigenvalue weighted by Crippen LogP contribution is -2.21. The number of hydrogen-bond acceptors (Lipinski definition) is 3. The topological polar surface area (TPSA) is 49.7 Å². The average molecular weight is 239 g/mol. The lowest BCUT2D eigenvalue weighted by atomic mass is 9.88. The maximum Gasteiger partial charge on any atom is 0.235 e. The number of phenolic OH excluding ortho intramolecular Hbond substituents is 1. The van der Waals surface area contributed by atoms with Gasteiger partial charge < -0.3 is 5.11 Å². The summed E-state index contributed by atoms with van der Waals surface area (Å²) in [7, 11) is 0. The molecule has 0 saturated heterocycles. The monoisotopic (exact) mass is 239 g/mol.